The van der Waals surface area contributed by atoms with Crippen LogP contribution >= 0.6 is 15.9 Å². The smallest absolute Gasteiger partial charge is 0.127 e. The van der Waals surface area contributed by atoms with Crippen molar-refractivity contribution in [2.75, 3.05) is 6.54 Å². The number of hydrogen-bond acceptors (Lipinski definition) is 1. The molecule has 1 saturated carbocycles. The third-order valence-corrected chi connectivity index (χ3v) is 4.85. The summed E-state index contributed by atoms with van der Waals surface area (Å²) in [6, 6.07) is 5.99. The maximum Gasteiger partial charge on any atom is 0.127 e. The number of rotatable bonds is 5. The van der Waals surface area contributed by atoms with Crippen molar-refractivity contribution in [3.63, 3.8) is 0 Å². The molecule has 1 aromatic carbocycles. The lowest BCUT2D eigenvalue weighted by Gasteiger charge is -2.32. The Balaban J connectivity index is 2.00. The van der Waals surface area contributed by atoms with E-state index in [4.69, 9.17) is 0 Å². The molecular weight excluding hydrogens is 317 g/mol. The molecule has 0 aliphatic heterocycles. The molecule has 1 nitrogen and oxygen atoms in total. The third kappa shape index (κ3) is 4.56. The minimum absolute atomic E-state index is 0.0690. The van der Waals surface area contributed by atoms with E-state index >= 15 is 0 Å². The van der Waals surface area contributed by atoms with Crippen molar-refractivity contribution in [1.29, 1.82) is 0 Å². The minimum Gasteiger partial charge on any atom is -0.314 e. The van der Waals surface area contributed by atoms with Crippen LogP contribution in [-0.4, -0.2) is 12.6 Å². The number of nitrogens with one attached hydrogen (secondary N) is 1. The topological polar surface area (TPSA) is 12.0 Å². The van der Waals surface area contributed by atoms with Gasteiger partial charge in [0.15, 0.2) is 0 Å². The van der Waals surface area contributed by atoms with Gasteiger partial charge in [-0.2, -0.15) is 0 Å². The molecule has 0 aromatic heterocycles. The molecule has 112 valence electrons. The summed E-state index contributed by atoms with van der Waals surface area (Å²) in [7, 11) is 0. The highest BCUT2D eigenvalue weighted by atomic mass is 79.9. The molecule has 1 fully saturated rings. The minimum atomic E-state index is -0.0690. The Morgan fingerprint density at radius 3 is 2.60 bits per heavy atom. The van der Waals surface area contributed by atoms with Gasteiger partial charge < -0.3 is 5.32 Å². The van der Waals surface area contributed by atoms with E-state index in [2.05, 4.69) is 35.1 Å². The zero-order chi connectivity index (χ0) is 14.5. The maximum absolute atomic E-state index is 14.0. The fraction of sp³-hybridized carbons (Fsp3) is 0.647. The first-order valence-electron chi connectivity index (χ1n) is 7.73. The highest BCUT2D eigenvalue weighted by molar-refractivity contribution is 9.10. The molecular formula is C17H25BrFN. The van der Waals surface area contributed by atoms with Crippen molar-refractivity contribution in [3.05, 3.63) is 34.1 Å². The van der Waals surface area contributed by atoms with E-state index in [0.717, 1.165) is 23.0 Å². The first-order valence-corrected chi connectivity index (χ1v) is 8.53. The van der Waals surface area contributed by atoms with Crippen LogP contribution in [0.2, 0.25) is 0 Å². The molecule has 1 N–H and O–H groups in total. The summed E-state index contributed by atoms with van der Waals surface area (Å²) in [4.78, 5) is 0. The predicted octanol–water partition coefficient (Wildman–Crippen LogP) is 4.94. The summed E-state index contributed by atoms with van der Waals surface area (Å²) >= 11 is 3.32. The largest absolute Gasteiger partial charge is 0.314 e. The second-order valence-corrected chi connectivity index (χ2v) is 7.22. The van der Waals surface area contributed by atoms with Crippen molar-refractivity contribution < 1.29 is 4.39 Å². The quantitative estimate of drug-likeness (QED) is 0.800. The van der Waals surface area contributed by atoms with Gasteiger partial charge in [-0.25, -0.2) is 4.39 Å². The van der Waals surface area contributed by atoms with Gasteiger partial charge >= 0.3 is 0 Å². The molecule has 0 heterocycles. The average Bonchev–Trinajstić information content (AvgIpc) is 2.41. The summed E-state index contributed by atoms with van der Waals surface area (Å²) in [5.74, 6) is 1.24. The highest BCUT2D eigenvalue weighted by Gasteiger charge is 2.26. The fourth-order valence-electron chi connectivity index (χ4n) is 3.18. The Kier molecular flexibility index (Phi) is 6.03. The van der Waals surface area contributed by atoms with Gasteiger partial charge in [-0.05, 0) is 55.3 Å². The SMILES string of the molecule is CC(C)NCC1CCCCC1Cc1ccc(Br)cc1F. The van der Waals surface area contributed by atoms with E-state index in [1.165, 1.54) is 25.7 Å². The molecule has 2 atom stereocenters. The number of benzene rings is 1. The summed E-state index contributed by atoms with van der Waals surface area (Å²) < 4.78 is 14.8. The second kappa shape index (κ2) is 7.56. The predicted molar refractivity (Wildman–Crippen MR) is 86.4 cm³/mol. The molecule has 1 aliphatic carbocycles. The van der Waals surface area contributed by atoms with Gasteiger partial charge in [-0.15, -0.1) is 0 Å². The van der Waals surface area contributed by atoms with Crippen molar-refractivity contribution in [2.24, 2.45) is 11.8 Å². The molecule has 0 radical (unpaired) electrons. The standard InChI is InChI=1S/C17H25BrFN/c1-12(2)20-11-15-6-4-3-5-13(15)9-14-7-8-16(18)10-17(14)19/h7-8,10,12-13,15,20H,3-6,9,11H2,1-2H3. The molecule has 2 rings (SSSR count). The first-order chi connectivity index (χ1) is 9.56. The van der Waals surface area contributed by atoms with E-state index in [0.29, 0.717) is 17.9 Å². The summed E-state index contributed by atoms with van der Waals surface area (Å²) in [6.07, 6.45) is 6.01. The summed E-state index contributed by atoms with van der Waals surface area (Å²) in [6.45, 7) is 5.44. The van der Waals surface area contributed by atoms with E-state index in [1.54, 1.807) is 6.07 Å². The van der Waals surface area contributed by atoms with Crippen LogP contribution in [0.5, 0.6) is 0 Å². The van der Waals surface area contributed by atoms with Crippen LogP contribution in [0, 0.1) is 17.7 Å². The van der Waals surface area contributed by atoms with Crippen LogP contribution in [0.3, 0.4) is 0 Å². The molecule has 1 aromatic rings. The maximum atomic E-state index is 14.0. The molecule has 20 heavy (non-hydrogen) atoms. The van der Waals surface area contributed by atoms with E-state index in [9.17, 15) is 4.39 Å². The van der Waals surface area contributed by atoms with E-state index < -0.39 is 0 Å². The lowest BCUT2D eigenvalue weighted by Crippen LogP contribution is -2.35. The molecule has 0 amide bonds. The zero-order valence-corrected chi connectivity index (χ0v) is 14.0. The van der Waals surface area contributed by atoms with Crippen LogP contribution in [0.25, 0.3) is 0 Å². The van der Waals surface area contributed by atoms with Crippen molar-refractivity contribution >= 4 is 15.9 Å². The van der Waals surface area contributed by atoms with Gasteiger partial charge in [0, 0.05) is 10.5 Å². The van der Waals surface area contributed by atoms with Crippen LogP contribution in [-0.2, 0) is 6.42 Å². The Morgan fingerprint density at radius 2 is 1.95 bits per heavy atom. The van der Waals surface area contributed by atoms with Gasteiger partial charge in [0.2, 0.25) is 0 Å². The molecule has 2 unspecified atom stereocenters. The van der Waals surface area contributed by atoms with E-state index in [-0.39, 0.29) is 5.82 Å². The van der Waals surface area contributed by atoms with Gasteiger partial charge in [0.25, 0.3) is 0 Å². The van der Waals surface area contributed by atoms with Gasteiger partial charge in [0.05, 0.1) is 0 Å². The normalized spacial score (nSPS) is 23.2. The Labute approximate surface area is 130 Å². The summed E-state index contributed by atoms with van der Waals surface area (Å²) in [5.41, 5.74) is 0.870. The summed E-state index contributed by atoms with van der Waals surface area (Å²) in [5, 5.41) is 3.55. The monoisotopic (exact) mass is 341 g/mol. The fourth-order valence-corrected chi connectivity index (χ4v) is 3.51. The third-order valence-electron chi connectivity index (χ3n) is 4.35. The Hall–Kier alpha value is -0.410. The first kappa shape index (κ1) is 16.0. The number of hydrogen-bond donors (Lipinski definition) is 1. The van der Waals surface area contributed by atoms with Crippen LogP contribution in [0.15, 0.2) is 22.7 Å². The van der Waals surface area contributed by atoms with Gasteiger partial charge in [0.1, 0.15) is 5.82 Å². The molecule has 0 bridgehead atoms. The molecule has 3 heteroatoms. The molecule has 0 spiro atoms. The van der Waals surface area contributed by atoms with Crippen LogP contribution in [0.4, 0.5) is 4.39 Å². The van der Waals surface area contributed by atoms with Gasteiger partial charge in [-0.3, -0.25) is 0 Å². The zero-order valence-electron chi connectivity index (χ0n) is 12.5. The lowest BCUT2D eigenvalue weighted by atomic mass is 9.76. The molecule has 0 saturated heterocycles. The van der Waals surface area contributed by atoms with Crippen molar-refractivity contribution in [3.8, 4) is 0 Å². The van der Waals surface area contributed by atoms with E-state index in [1.807, 2.05) is 12.1 Å². The number of halogens is 2. The lowest BCUT2D eigenvalue weighted by molar-refractivity contribution is 0.223. The van der Waals surface area contributed by atoms with Gasteiger partial charge in [-0.1, -0.05) is 48.7 Å². The molecule has 1 aliphatic rings. The average molecular weight is 342 g/mol. The van der Waals surface area contributed by atoms with Crippen LogP contribution < -0.4 is 5.32 Å². The Morgan fingerprint density at radius 1 is 1.25 bits per heavy atom. The Bertz CT molecular complexity index is 433. The second-order valence-electron chi connectivity index (χ2n) is 6.31. The van der Waals surface area contributed by atoms with Crippen molar-refractivity contribution in [1.82, 2.24) is 5.32 Å². The van der Waals surface area contributed by atoms with Crippen LogP contribution in [0.1, 0.15) is 45.1 Å². The highest BCUT2D eigenvalue weighted by Crippen LogP contribution is 2.33. The van der Waals surface area contributed by atoms with Crippen molar-refractivity contribution in [2.45, 2.75) is 52.0 Å².